The number of nitrogens with one attached hydrogen (secondary N) is 3. The highest BCUT2D eigenvalue weighted by Gasteiger charge is 2.29. The van der Waals surface area contributed by atoms with E-state index in [2.05, 4.69) is 20.3 Å². The van der Waals surface area contributed by atoms with Gasteiger partial charge in [-0.15, -0.1) is 11.3 Å². The summed E-state index contributed by atoms with van der Waals surface area (Å²) < 4.78 is 40.1. The van der Waals surface area contributed by atoms with Crippen molar-refractivity contribution in [3.63, 3.8) is 0 Å². The number of thiazole rings is 1. The second-order valence-corrected chi connectivity index (χ2v) is 13.8. The summed E-state index contributed by atoms with van der Waals surface area (Å²) in [6.07, 6.45) is 5.09. The van der Waals surface area contributed by atoms with E-state index in [4.69, 9.17) is 15.2 Å². The Hall–Kier alpha value is -2.74. The summed E-state index contributed by atoms with van der Waals surface area (Å²) in [7, 11) is -3.95. The number of hydrogen-bond acceptors (Lipinski definition) is 9. The fourth-order valence-corrected chi connectivity index (χ4v) is 7.76. The molecule has 1 aromatic heterocycles. The van der Waals surface area contributed by atoms with E-state index < -0.39 is 27.7 Å². The van der Waals surface area contributed by atoms with Crippen LogP contribution in [0, 0.1) is 0 Å². The summed E-state index contributed by atoms with van der Waals surface area (Å²) in [5.74, 6) is 0.189. The third kappa shape index (κ3) is 8.13. The van der Waals surface area contributed by atoms with Crippen LogP contribution in [-0.2, 0) is 19.5 Å². The van der Waals surface area contributed by atoms with Crippen molar-refractivity contribution in [2.75, 3.05) is 18.5 Å². The van der Waals surface area contributed by atoms with Crippen molar-refractivity contribution >= 4 is 39.2 Å². The zero-order chi connectivity index (χ0) is 28.2. The molecular formula is C26H37N5O6S2. The van der Waals surface area contributed by atoms with E-state index in [0.29, 0.717) is 29.0 Å². The molecule has 0 bridgehead atoms. The van der Waals surface area contributed by atoms with E-state index in [0.717, 1.165) is 37.2 Å². The molecule has 1 unspecified atom stereocenters. The Morgan fingerprint density at radius 2 is 1.92 bits per heavy atom. The molecule has 1 aromatic carbocycles. The molecule has 1 saturated carbocycles. The lowest BCUT2D eigenvalue weighted by Crippen LogP contribution is -2.40. The molecule has 11 nitrogen and oxygen atoms in total. The highest BCUT2D eigenvalue weighted by Crippen LogP contribution is 2.40. The summed E-state index contributed by atoms with van der Waals surface area (Å²) in [6, 6.07) is 4.92. The molecular weight excluding hydrogens is 542 g/mol. The number of nitrogens with two attached hydrogens (primary N) is 1. The molecule has 0 spiro atoms. The molecule has 39 heavy (non-hydrogen) atoms. The minimum absolute atomic E-state index is 0.0430. The SMILES string of the molecule is CC(C)(C)NS(=O)(=O)c1cc(NC(=O)OCC2CCCN2)ccc1-c1cnc(C2CCC(OC(N)=O)CC2)s1. The largest absolute Gasteiger partial charge is 0.448 e. The first-order valence-corrected chi connectivity index (χ1v) is 15.5. The van der Waals surface area contributed by atoms with Crippen LogP contribution in [-0.4, -0.2) is 56.4 Å². The molecule has 2 fully saturated rings. The van der Waals surface area contributed by atoms with E-state index in [9.17, 15) is 18.0 Å². The lowest BCUT2D eigenvalue weighted by Gasteiger charge is -2.26. The quantitative estimate of drug-likeness (QED) is 0.360. The molecule has 1 saturated heterocycles. The number of aromatic nitrogens is 1. The van der Waals surface area contributed by atoms with E-state index in [1.807, 2.05) is 0 Å². The maximum absolute atomic E-state index is 13.5. The second kappa shape index (κ2) is 12.2. The molecule has 5 N–H and O–H groups in total. The van der Waals surface area contributed by atoms with Gasteiger partial charge >= 0.3 is 12.2 Å². The van der Waals surface area contributed by atoms with Crippen molar-refractivity contribution in [3.05, 3.63) is 29.4 Å². The van der Waals surface area contributed by atoms with Gasteiger partial charge in [0.2, 0.25) is 10.0 Å². The molecule has 2 heterocycles. The minimum Gasteiger partial charge on any atom is -0.448 e. The summed E-state index contributed by atoms with van der Waals surface area (Å²) in [4.78, 5) is 28.8. The van der Waals surface area contributed by atoms with Crippen molar-refractivity contribution in [2.45, 2.75) is 87.8 Å². The van der Waals surface area contributed by atoms with Gasteiger partial charge in [0.1, 0.15) is 12.7 Å². The molecule has 13 heteroatoms. The Morgan fingerprint density at radius 1 is 1.18 bits per heavy atom. The van der Waals surface area contributed by atoms with E-state index in [1.54, 1.807) is 39.1 Å². The molecule has 0 radical (unpaired) electrons. The number of primary amides is 1. The zero-order valence-electron chi connectivity index (χ0n) is 22.5. The van der Waals surface area contributed by atoms with Gasteiger partial charge in [0.25, 0.3) is 0 Å². The van der Waals surface area contributed by atoms with Gasteiger partial charge in [-0.1, -0.05) is 6.07 Å². The predicted molar refractivity (Wildman–Crippen MR) is 149 cm³/mol. The summed E-state index contributed by atoms with van der Waals surface area (Å²) >= 11 is 1.44. The third-order valence-electron chi connectivity index (χ3n) is 6.63. The van der Waals surface area contributed by atoms with Gasteiger partial charge in [-0.05, 0) is 78.0 Å². The maximum Gasteiger partial charge on any atom is 0.411 e. The third-order valence-corrected chi connectivity index (χ3v) is 9.62. The maximum atomic E-state index is 13.5. The van der Waals surface area contributed by atoms with Gasteiger partial charge in [-0.3, -0.25) is 5.32 Å². The second-order valence-electron chi connectivity index (χ2n) is 11.1. The van der Waals surface area contributed by atoms with Crippen molar-refractivity contribution in [1.82, 2.24) is 15.0 Å². The molecule has 4 rings (SSSR count). The van der Waals surface area contributed by atoms with E-state index >= 15 is 0 Å². The number of rotatable bonds is 8. The van der Waals surface area contributed by atoms with Crippen LogP contribution in [0.5, 0.6) is 0 Å². The van der Waals surface area contributed by atoms with Crippen LogP contribution in [0.2, 0.25) is 0 Å². The number of ether oxygens (including phenoxy) is 2. The number of benzene rings is 1. The first-order chi connectivity index (χ1) is 18.4. The number of hydrogen-bond donors (Lipinski definition) is 4. The van der Waals surface area contributed by atoms with Crippen LogP contribution in [0.4, 0.5) is 15.3 Å². The predicted octanol–water partition coefficient (Wildman–Crippen LogP) is 4.31. The Labute approximate surface area is 233 Å². The normalized spacial score (nSPS) is 21.9. The lowest BCUT2D eigenvalue weighted by molar-refractivity contribution is 0.0787. The standard InChI is InChI=1S/C26H37N5O6S2/c1-26(2,3)31-39(34,35)22-13-17(30-25(33)36-15-18-5-4-12-28-18)8-11-20(22)21-14-29-23(38-21)16-6-9-19(10-7-16)37-24(27)32/h8,11,13-14,16,18-19,28,31H,4-7,9-10,12,15H2,1-3H3,(H2,27,32)(H,30,33). The summed E-state index contributed by atoms with van der Waals surface area (Å²) in [5.41, 5.74) is 5.24. The molecule has 2 aliphatic rings. The van der Waals surface area contributed by atoms with Crippen LogP contribution in [0.1, 0.15) is 70.2 Å². The summed E-state index contributed by atoms with van der Waals surface area (Å²) in [5, 5.41) is 6.83. The van der Waals surface area contributed by atoms with Crippen LogP contribution < -0.4 is 21.1 Å². The molecule has 1 aliphatic heterocycles. The summed E-state index contributed by atoms with van der Waals surface area (Å²) in [6.45, 7) is 6.46. The number of anilines is 1. The lowest BCUT2D eigenvalue weighted by atomic mass is 9.88. The van der Waals surface area contributed by atoms with Gasteiger partial charge in [0, 0.05) is 34.9 Å². The number of carbonyl (C=O) groups is 2. The monoisotopic (exact) mass is 579 g/mol. The van der Waals surface area contributed by atoms with Crippen molar-refractivity contribution in [3.8, 4) is 10.4 Å². The fraction of sp³-hybridized carbons (Fsp3) is 0.577. The van der Waals surface area contributed by atoms with Gasteiger partial charge in [-0.2, -0.15) is 0 Å². The van der Waals surface area contributed by atoms with Gasteiger partial charge in [0.05, 0.1) is 14.8 Å². The number of amides is 2. The van der Waals surface area contributed by atoms with Crippen LogP contribution in [0.25, 0.3) is 10.4 Å². The Morgan fingerprint density at radius 3 is 2.56 bits per heavy atom. The van der Waals surface area contributed by atoms with Gasteiger partial charge in [-0.25, -0.2) is 27.7 Å². The first kappa shape index (κ1) is 29.2. The first-order valence-electron chi connectivity index (χ1n) is 13.2. The minimum atomic E-state index is -3.95. The van der Waals surface area contributed by atoms with Crippen LogP contribution >= 0.6 is 11.3 Å². The van der Waals surface area contributed by atoms with Gasteiger partial charge in [0.15, 0.2) is 0 Å². The Kier molecular flexibility index (Phi) is 9.14. The highest BCUT2D eigenvalue weighted by molar-refractivity contribution is 7.89. The average Bonchev–Trinajstić information content (AvgIpc) is 3.54. The average molecular weight is 580 g/mol. The van der Waals surface area contributed by atoms with Crippen molar-refractivity contribution in [2.24, 2.45) is 5.73 Å². The van der Waals surface area contributed by atoms with Crippen LogP contribution in [0.3, 0.4) is 0 Å². The molecule has 2 amide bonds. The van der Waals surface area contributed by atoms with E-state index in [-0.39, 0.29) is 29.6 Å². The molecule has 1 aliphatic carbocycles. The van der Waals surface area contributed by atoms with Crippen molar-refractivity contribution in [1.29, 1.82) is 0 Å². The Bertz CT molecular complexity index is 1280. The van der Waals surface area contributed by atoms with Crippen LogP contribution in [0.15, 0.2) is 29.3 Å². The number of sulfonamides is 1. The van der Waals surface area contributed by atoms with Crippen molar-refractivity contribution < 1.29 is 27.5 Å². The molecule has 2 aromatic rings. The van der Waals surface area contributed by atoms with E-state index in [1.165, 1.54) is 17.4 Å². The fourth-order valence-electron chi connectivity index (χ4n) is 4.91. The number of carbonyl (C=O) groups excluding carboxylic acids is 2. The Balaban J connectivity index is 1.54. The highest BCUT2D eigenvalue weighted by atomic mass is 32.2. The number of nitrogens with zero attached hydrogens (tertiary/aromatic N) is 1. The smallest absolute Gasteiger partial charge is 0.411 e. The topological polar surface area (TPSA) is 162 Å². The zero-order valence-corrected chi connectivity index (χ0v) is 24.1. The molecule has 214 valence electrons. The van der Waals surface area contributed by atoms with Gasteiger partial charge < -0.3 is 20.5 Å². The molecule has 1 atom stereocenters.